The maximum Gasteiger partial charge on any atom is 0.336 e. The molecular formula is C22H21NO6. The molecule has 1 amide bonds. The Morgan fingerprint density at radius 2 is 1.93 bits per heavy atom. The van der Waals surface area contributed by atoms with Gasteiger partial charge < -0.3 is 19.2 Å². The van der Waals surface area contributed by atoms with Crippen LogP contribution in [0.3, 0.4) is 0 Å². The predicted molar refractivity (Wildman–Crippen MR) is 107 cm³/mol. The first-order valence-corrected chi connectivity index (χ1v) is 9.02. The highest BCUT2D eigenvalue weighted by atomic mass is 16.5. The molecule has 1 N–H and O–H groups in total. The molecule has 29 heavy (non-hydrogen) atoms. The summed E-state index contributed by atoms with van der Waals surface area (Å²) in [6.07, 6.45) is 0. The molecule has 1 heterocycles. The summed E-state index contributed by atoms with van der Waals surface area (Å²) in [4.78, 5) is 36.4. The molecule has 0 saturated heterocycles. The molecule has 3 rings (SSSR count). The van der Waals surface area contributed by atoms with Gasteiger partial charge in [-0.15, -0.1) is 0 Å². The van der Waals surface area contributed by atoms with Crippen molar-refractivity contribution in [2.75, 3.05) is 7.11 Å². The second-order valence-corrected chi connectivity index (χ2v) is 6.63. The van der Waals surface area contributed by atoms with E-state index in [4.69, 9.17) is 13.9 Å². The lowest BCUT2D eigenvalue weighted by molar-refractivity contribution is -0.146. The van der Waals surface area contributed by atoms with Crippen LogP contribution in [-0.2, 0) is 16.1 Å². The summed E-state index contributed by atoms with van der Waals surface area (Å²) in [5, 5.41) is 3.25. The molecule has 0 aliphatic rings. The van der Waals surface area contributed by atoms with E-state index in [0.717, 1.165) is 5.56 Å². The topological polar surface area (TPSA) is 94.8 Å². The average Bonchev–Trinajstić information content (AvgIpc) is 2.70. The van der Waals surface area contributed by atoms with Gasteiger partial charge in [-0.25, -0.2) is 9.59 Å². The van der Waals surface area contributed by atoms with Crippen LogP contribution in [0.1, 0.15) is 28.4 Å². The van der Waals surface area contributed by atoms with Crippen molar-refractivity contribution in [3.8, 4) is 5.75 Å². The second kappa shape index (κ2) is 8.60. The van der Waals surface area contributed by atoms with E-state index in [-0.39, 0.29) is 12.5 Å². The molecular weight excluding hydrogens is 374 g/mol. The van der Waals surface area contributed by atoms with Gasteiger partial charge >= 0.3 is 11.6 Å². The summed E-state index contributed by atoms with van der Waals surface area (Å²) < 4.78 is 15.6. The minimum atomic E-state index is -0.852. The number of hydrogen-bond acceptors (Lipinski definition) is 6. The Hall–Kier alpha value is -3.61. The quantitative estimate of drug-likeness (QED) is 0.509. The highest BCUT2D eigenvalue weighted by Gasteiger charge is 2.19. The lowest BCUT2D eigenvalue weighted by Crippen LogP contribution is -2.39. The van der Waals surface area contributed by atoms with Crippen LogP contribution in [0, 0.1) is 6.92 Å². The zero-order valence-electron chi connectivity index (χ0n) is 16.4. The molecule has 7 heteroatoms. The van der Waals surface area contributed by atoms with Crippen LogP contribution < -0.4 is 15.7 Å². The van der Waals surface area contributed by atoms with E-state index in [1.165, 1.54) is 13.2 Å². The van der Waals surface area contributed by atoms with Crippen molar-refractivity contribution in [3.05, 3.63) is 75.6 Å². The molecule has 3 aromatic rings. The number of carbonyl (C=O) groups excluding carboxylic acids is 2. The maximum atomic E-state index is 12.3. The number of carbonyl (C=O) groups is 2. The molecule has 1 aromatic heterocycles. The van der Waals surface area contributed by atoms with Crippen LogP contribution in [-0.4, -0.2) is 25.0 Å². The number of hydrogen-bond donors (Lipinski definition) is 1. The molecule has 0 spiro atoms. The monoisotopic (exact) mass is 395 g/mol. The molecule has 2 aromatic carbocycles. The van der Waals surface area contributed by atoms with E-state index in [2.05, 4.69) is 5.32 Å². The molecule has 0 aliphatic carbocycles. The predicted octanol–water partition coefficient (Wildman–Crippen LogP) is 2.97. The first-order valence-electron chi connectivity index (χ1n) is 9.02. The van der Waals surface area contributed by atoms with Gasteiger partial charge in [0, 0.05) is 28.6 Å². The van der Waals surface area contributed by atoms with Crippen LogP contribution in [0.15, 0.2) is 57.7 Å². The number of esters is 1. The van der Waals surface area contributed by atoms with E-state index < -0.39 is 17.6 Å². The maximum absolute atomic E-state index is 12.3. The lowest BCUT2D eigenvalue weighted by atomic mass is 10.1. The first-order chi connectivity index (χ1) is 13.9. The summed E-state index contributed by atoms with van der Waals surface area (Å²) in [6, 6.07) is 12.5. The molecule has 0 bridgehead atoms. The number of methoxy groups -OCH3 is 1. The average molecular weight is 395 g/mol. The molecule has 150 valence electrons. The van der Waals surface area contributed by atoms with Crippen molar-refractivity contribution in [3.63, 3.8) is 0 Å². The SMILES string of the molecule is COc1ccc2c(COC(=O)[C@H](C)NC(=O)c3cccc(C)c3)cc(=O)oc2c1. The Balaban J connectivity index is 1.68. The van der Waals surface area contributed by atoms with Crippen LogP contribution in [0.25, 0.3) is 11.0 Å². The van der Waals surface area contributed by atoms with E-state index in [9.17, 15) is 14.4 Å². The molecule has 0 radical (unpaired) electrons. The highest BCUT2D eigenvalue weighted by Crippen LogP contribution is 2.23. The van der Waals surface area contributed by atoms with Crippen molar-refractivity contribution in [1.82, 2.24) is 5.32 Å². The fourth-order valence-corrected chi connectivity index (χ4v) is 2.86. The summed E-state index contributed by atoms with van der Waals surface area (Å²) in [5.74, 6) is -0.431. The number of fused-ring (bicyclic) bond motifs is 1. The molecule has 0 aliphatic heterocycles. The normalized spacial score (nSPS) is 11.7. The third kappa shape index (κ3) is 4.82. The Kier molecular flexibility index (Phi) is 5.97. The molecule has 0 saturated carbocycles. The van der Waals surface area contributed by atoms with E-state index in [1.54, 1.807) is 43.3 Å². The van der Waals surface area contributed by atoms with Gasteiger partial charge in [-0.3, -0.25) is 4.79 Å². The fraction of sp³-hybridized carbons (Fsp3) is 0.227. The summed E-state index contributed by atoms with van der Waals surface area (Å²) in [5.41, 5.74) is 1.69. The second-order valence-electron chi connectivity index (χ2n) is 6.63. The van der Waals surface area contributed by atoms with Gasteiger partial charge in [0.1, 0.15) is 24.0 Å². The largest absolute Gasteiger partial charge is 0.497 e. The van der Waals surface area contributed by atoms with Crippen LogP contribution >= 0.6 is 0 Å². The summed E-state index contributed by atoms with van der Waals surface area (Å²) in [6.45, 7) is 3.29. The van der Waals surface area contributed by atoms with Gasteiger partial charge in [0.05, 0.1) is 7.11 Å². The van der Waals surface area contributed by atoms with Gasteiger partial charge in [-0.05, 0) is 38.1 Å². The van der Waals surface area contributed by atoms with Crippen LogP contribution in [0.2, 0.25) is 0 Å². The van der Waals surface area contributed by atoms with Gasteiger partial charge in [0.2, 0.25) is 0 Å². The fourth-order valence-electron chi connectivity index (χ4n) is 2.86. The Labute approximate surface area is 167 Å². The van der Waals surface area contributed by atoms with Crippen molar-refractivity contribution in [2.24, 2.45) is 0 Å². The zero-order valence-corrected chi connectivity index (χ0v) is 16.4. The van der Waals surface area contributed by atoms with Crippen molar-refractivity contribution in [1.29, 1.82) is 0 Å². The highest BCUT2D eigenvalue weighted by molar-refractivity contribution is 5.96. The number of amides is 1. The Morgan fingerprint density at radius 1 is 1.14 bits per heavy atom. The van der Waals surface area contributed by atoms with E-state index in [0.29, 0.717) is 27.8 Å². The van der Waals surface area contributed by atoms with Crippen LogP contribution in [0.5, 0.6) is 5.75 Å². The smallest absolute Gasteiger partial charge is 0.336 e. The third-order valence-corrected chi connectivity index (χ3v) is 4.39. The van der Waals surface area contributed by atoms with E-state index in [1.807, 2.05) is 13.0 Å². The first kappa shape index (κ1) is 20.1. The number of nitrogens with one attached hydrogen (secondary N) is 1. The van der Waals surface area contributed by atoms with Gasteiger partial charge in [-0.1, -0.05) is 17.7 Å². The Morgan fingerprint density at radius 3 is 2.66 bits per heavy atom. The van der Waals surface area contributed by atoms with Gasteiger partial charge in [-0.2, -0.15) is 0 Å². The minimum absolute atomic E-state index is 0.127. The third-order valence-electron chi connectivity index (χ3n) is 4.39. The minimum Gasteiger partial charge on any atom is -0.497 e. The number of benzene rings is 2. The number of ether oxygens (including phenoxy) is 2. The van der Waals surface area contributed by atoms with Gasteiger partial charge in [0.15, 0.2) is 0 Å². The lowest BCUT2D eigenvalue weighted by Gasteiger charge is -2.14. The van der Waals surface area contributed by atoms with Crippen molar-refractivity contribution < 1.29 is 23.5 Å². The van der Waals surface area contributed by atoms with E-state index >= 15 is 0 Å². The Bertz CT molecular complexity index is 1120. The molecule has 7 nitrogen and oxygen atoms in total. The summed E-state index contributed by atoms with van der Waals surface area (Å²) >= 11 is 0. The van der Waals surface area contributed by atoms with Crippen molar-refractivity contribution >= 4 is 22.8 Å². The molecule has 0 fully saturated rings. The molecule has 0 unspecified atom stereocenters. The summed E-state index contributed by atoms with van der Waals surface area (Å²) in [7, 11) is 1.51. The number of aryl methyl sites for hydroxylation is 1. The molecule has 1 atom stereocenters. The zero-order chi connectivity index (χ0) is 21.0. The number of rotatable bonds is 6. The van der Waals surface area contributed by atoms with Crippen molar-refractivity contribution in [2.45, 2.75) is 26.5 Å². The van der Waals surface area contributed by atoms with Gasteiger partial charge in [0.25, 0.3) is 5.91 Å². The standard InChI is InChI=1S/C22H21NO6/c1-13-5-4-6-15(9-13)21(25)23-14(2)22(26)28-12-16-10-20(24)29-19-11-17(27-3)7-8-18(16)19/h4-11,14H,12H2,1-3H3,(H,23,25)/t14-/m0/s1. The van der Waals surface area contributed by atoms with Crippen LogP contribution in [0.4, 0.5) is 0 Å².